The molecule has 0 heterocycles. The summed E-state index contributed by atoms with van der Waals surface area (Å²) in [6.45, 7) is 2.65. The van der Waals surface area contributed by atoms with Crippen molar-refractivity contribution in [3.8, 4) is 5.75 Å². The van der Waals surface area contributed by atoms with Crippen molar-refractivity contribution in [2.24, 2.45) is 5.92 Å². The number of halogens is 2. The number of hydrogen-bond donors (Lipinski definition) is 2. The Bertz CT molecular complexity index is 382. The highest BCUT2D eigenvalue weighted by atomic mass is 79.9. The van der Waals surface area contributed by atoms with E-state index in [2.05, 4.69) is 37.2 Å². The van der Waals surface area contributed by atoms with Crippen LogP contribution < -0.4 is 5.32 Å². The first-order chi connectivity index (χ1) is 7.54. The number of benzene rings is 1. The van der Waals surface area contributed by atoms with E-state index in [9.17, 15) is 9.90 Å². The van der Waals surface area contributed by atoms with Crippen molar-refractivity contribution in [1.29, 1.82) is 0 Å². The lowest BCUT2D eigenvalue weighted by Gasteiger charge is -2.09. The lowest BCUT2D eigenvalue weighted by atomic mass is 10.2. The zero-order chi connectivity index (χ0) is 12.1. The van der Waals surface area contributed by atoms with E-state index in [4.69, 9.17) is 0 Å². The summed E-state index contributed by atoms with van der Waals surface area (Å²) in [6, 6.07) is 4.76. The van der Waals surface area contributed by atoms with Crippen LogP contribution in [0.3, 0.4) is 0 Å². The Balaban J connectivity index is 2.63. The van der Waals surface area contributed by atoms with E-state index >= 15 is 0 Å². The van der Waals surface area contributed by atoms with Crippen LogP contribution in [0.2, 0.25) is 0 Å². The van der Waals surface area contributed by atoms with Crippen LogP contribution in [0.4, 0.5) is 0 Å². The quantitative estimate of drug-likeness (QED) is 0.820. The second kappa shape index (κ2) is 6.25. The summed E-state index contributed by atoms with van der Waals surface area (Å²) in [6.07, 6.45) is 0. The van der Waals surface area contributed by atoms with Gasteiger partial charge in [-0.1, -0.05) is 22.9 Å². The van der Waals surface area contributed by atoms with Crippen molar-refractivity contribution in [2.75, 3.05) is 11.9 Å². The van der Waals surface area contributed by atoms with E-state index < -0.39 is 0 Å². The van der Waals surface area contributed by atoms with Crippen LogP contribution in [0, 0.1) is 5.92 Å². The summed E-state index contributed by atoms with van der Waals surface area (Å²) in [5.74, 6) is 0.282. The molecule has 1 unspecified atom stereocenters. The molecule has 1 aromatic rings. The molecule has 0 radical (unpaired) electrons. The molecule has 3 nitrogen and oxygen atoms in total. The van der Waals surface area contributed by atoms with Crippen LogP contribution in [0.1, 0.15) is 17.3 Å². The first-order valence-electron chi connectivity index (χ1n) is 4.87. The monoisotopic (exact) mass is 349 g/mol. The fourth-order valence-corrected chi connectivity index (χ4v) is 1.55. The van der Waals surface area contributed by atoms with Gasteiger partial charge in [-0.3, -0.25) is 4.79 Å². The summed E-state index contributed by atoms with van der Waals surface area (Å²) in [7, 11) is 0. The molecule has 1 amide bonds. The van der Waals surface area contributed by atoms with Gasteiger partial charge in [0.1, 0.15) is 5.75 Å². The maximum atomic E-state index is 11.7. The third kappa shape index (κ3) is 3.79. The van der Waals surface area contributed by atoms with Gasteiger partial charge in [0.15, 0.2) is 0 Å². The van der Waals surface area contributed by atoms with E-state index in [0.717, 1.165) is 5.33 Å². The molecule has 0 aliphatic carbocycles. The SMILES string of the molecule is CC(CBr)CNC(=O)c1ccc(Br)c(O)c1. The zero-order valence-corrected chi connectivity index (χ0v) is 12.0. The molecule has 1 rings (SSSR count). The van der Waals surface area contributed by atoms with Crippen LogP contribution in [0.5, 0.6) is 5.75 Å². The summed E-state index contributed by atoms with van der Waals surface area (Å²) >= 11 is 6.51. The van der Waals surface area contributed by atoms with Crippen LogP contribution in [0.15, 0.2) is 22.7 Å². The van der Waals surface area contributed by atoms with Gasteiger partial charge in [-0.05, 0) is 40.0 Å². The molecular formula is C11H13Br2NO2. The molecule has 1 aromatic carbocycles. The second-order valence-electron chi connectivity index (χ2n) is 3.64. The summed E-state index contributed by atoms with van der Waals surface area (Å²) in [5, 5.41) is 13.1. The maximum Gasteiger partial charge on any atom is 0.251 e. The van der Waals surface area contributed by atoms with Gasteiger partial charge in [-0.25, -0.2) is 0 Å². The van der Waals surface area contributed by atoms with Gasteiger partial charge in [0.05, 0.1) is 4.47 Å². The average molecular weight is 351 g/mol. The summed E-state index contributed by atoms with van der Waals surface area (Å²) in [5.41, 5.74) is 0.461. The minimum absolute atomic E-state index is 0.0705. The number of nitrogens with one attached hydrogen (secondary N) is 1. The van der Waals surface area contributed by atoms with Crippen molar-refractivity contribution < 1.29 is 9.90 Å². The first kappa shape index (κ1) is 13.5. The van der Waals surface area contributed by atoms with E-state index in [1.165, 1.54) is 6.07 Å². The second-order valence-corrected chi connectivity index (χ2v) is 5.14. The van der Waals surface area contributed by atoms with Gasteiger partial charge in [0.2, 0.25) is 0 Å². The maximum absolute atomic E-state index is 11.7. The summed E-state index contributed by atoms with van der Waals surface area (Å²) < 4.78 is 0.581. The molecule has 5 heteroatoms. The molecule has 0 spiro atoms. The van der Waals surface area contributed by atoms with Crippen molar-refractivity contribution in [2.45, 2.75) is 6.92 Å². The number of rotatable bonds is 4. The minimum atomic E-state index is -0.171. The van der Waals surface area contributed by atoms with E-state index in [-0.39, 0.29) is 11.7 Å². The van der Waals surface area contributed by atoms with Gasteiger partial charge in [0.25, 0.3) is 5.91 Å². The highest BCUT2D eigenvalue weighted by Crippen LogP contribution is 2.24. The highest BCUT2D eigenvalue weighted by Gasteiger charge is 2.09. The predicted molar refractivity (Wildman–Crippen MR) is 71.1 cm³/mol. The number of carbonyl (C=O) groups is 1. The van der Waals surface area contributed by atoms with Gasteiger partial charge < -0.3 is 10.4 Å². The lowest BCUT2D eigenvalue weighted by Crippen LogP contribution is -2.28. The van der Waals surface area contributed by atoms with E-state index in [1.54, 1.807) is 12.1 Å². The van der Waals surface area contributed by atoms with Gasteiger partial charge in [-0.15, -0.1) is 0 Å². The van der Waals surface area contributed by atoms with Crippen LogP contribution in [-0.4, -0.2) is 22.9 Å². The Kier molecular flexibility index (Phi) is 5.28. The Hall–Kier alpha value is -0.550. The van der Waals surface area contributed by atoms with E-state index in [0.29, 0.717) is 22.5 Å². The molecule has 2 N–H and O–H groups in total. The molecule has 1 atom stereocenters. The van der Waals surface area contributed by atoms with E-state index in [1.807, 2.05) is 6.92 Å². The molecule has 0 aliphatic rings. The molecule has 0 saturated heterocycles. The molecule has 16 heavy (non-hydrogen) atoms. The topological polar surface area (TPSA) is 49.3 Å². The largest absolute Gasteiger partial charge is 0.507 e. The fraction of sp³-hybridized carbons (Fsp3) is 0.364. The molecule has 0 saturated carbocycles. The minimum Gasteiger partial charge on any atom is -0.507 e. The smallest absolute Gasteiger partial charge is 0.251 e. The number of aromatic hydroxyl groups is 1. The van der Waals surface area contributed by atoms with Crippen LogP contribution in [0.25, 0.3) is 0 Å². The number of alkyl halides is 1. The standard InChI is InChI=1S/C11H13Br2NO2/c1-7(5-12)6-14-11(16)8-2-3-9(13)10(15)4-8/h2-4,7,15H,5-6H2,1H3,(H,14,16). The number of hydrogen-bond acceptors (Lipinski definition) is 2. The lowest BCUT2D eigenvalue weighted by molar-refractivity contribution is 0.0949. The van der Waals surface area contributed by atoms with Crippen molar-refractivity contribution in [3.05, 3.63) is 28.2 Å². The first-order valence-corrected chi connectivity index (χ1v) is 6.78. The third-order valence-electron chi connectivity index (χ3n) is 2.08. The average Bonchev–Trinajstić information content (AvgIpc) is 2.29. The van der Waals surface area contributed by atoms with Gasteiger partial charge >= 0.3 is 0 Å². The number of phenolic OH excluding ortho intramolecular Hbond substituents is 1. The zero-order valence-electron chi connectivity index (χ0n) is 8.84. The molecule has 0 fully saturated rings. The van der Waals surface area contributed by atoms with Crippen molar-refractivity contribution >= 4 is 37.8 Å². The summed E-state index contributed by atoms with van der Waals surface area (Å²) in [4.78, 5) is 11.7. The Labute approximate surface area is 111 Å². The number of amides is 1. The molecule has 0 bridgehead atoms. The number of phenols is 1. The Morgan fingerprint density at radius 2 is 2.25 bits per heavy atom. The Morgan fingerprint density at radius 3 is 2.81 bits per heavy atom. The fourth-order valence-electron chi connectivity index (χ4n) is 1.08. The predicted octanol–water partition coefficient (Wildman–Crippen LogP) is 2.92. The Morgan fingerprint density at radius 1 is 1.56 bits per heavy atom. The molecule has 0 aliphatic heterocycles. The molecule has 0 aromatic heterocycles. The van der Waals surface area contributed by atoms with Crippen molar-refractivity contribution in [1.82, 2.24) is 5.32 Å². The highest BCUT2D eigenvalue weighted by molar-refractivity contribution is 9.10. The third-order valence-corrected chi connectivity index (χ3v) is 3.86. The van der Waals surface area contributed by atoms with Crippen molar-refractivity contribution in [3.63, 3.8) is 0 Å². The number of carbonyl (C=O) groups excluding carboxylic acids is 1. The van der Waals surface area contributed by atoms with Crippen LogP contribution in [-0.2, 0) is 0 Å². The normalized spacial score (nSPS) is 12.2. The molecular weight excluding hydrogens is 338 g/mol. The van der Waals surface area contributed by atoms with Crippen LogP contribution >= 0.6 is 31.9 Å². The molecule has 88 valence electrons. The van der Waals surface area contributed by atoms with Gasteiger partial charge in [0, 0.05) is 17.4 Å². The van der Waals surface area contributed by atoms with Gasteiger partial charge in [-0.2, -0.15) is 0 Å².